The molecule has 1 aliphatic heterocycles. The predicted molar refractivity (Wildman–Crippen MR) is 68.8 cm³/mol. The molecule has 0 unspecified atom stereocenters. The van der Waals surface area contributed by atoms with Crippen LogP contribution < -0.4 is 5.73 Å². The first-order chi connectivity index (χ1) is 10.0. The first-order valence-electron chi connectivity index (χ1n) is 6.28. The standard InChI is InChI=1S/C11H15N5O5/c12-9-5-10(14-2-13-9)16(3-15-5)11-7(20)6(19)8(21-11)4(18)1-17/h2-4,6-8,11,17-20H,1H2,(H2,12,13,14)/t4-,6+,7-,8+,11-/m0/s1. The number of aliphatic hydroxyl groups is 4. The summed E-state index contributed by atoms with van der Waals surface area (Å²) in [5, 5.41) is 38.5. The summed E-state index contributed by atoms with van der Waals surface area (Å²) >= 11 is 0. The van der Waals surface area contributed by atoms with Crippen molar-refractivity contribution in [3.63, 3.8) is 0 Å². The lowest BCUT2D eigenvalue weighted by atomic mass is 10.1. The van der Waals surface area contributed by atoms with Crippen LogP contribution in [0.2, 0.25) is 0 Å². The Hall–Kier alpha value is -1.85. The lowest BCUT2D eigenvalue weighted by Gasteiger charge is -2.18. The minimum Gasteiger partial charge on any atom is -0.394 e. The van der Waals surface area contributed by atoms with Gasteiger partial charge >= 0.3 is 0 Å². The van der Waals surface area contributed by atoms with Crippen LogP contribution in [0.4, 0.5) is 5.82 Å². The molecular weight excluding hydrogens is 282 g/mol. The summed E-state index contributed by atoms with van der Waals surface area (Å²) in [5.41, 5.74) is 6.35. The lowest BCUT2D eigenvalue weighted by molar-refractivity contribution is -0.0962. The molecule has 3 heterocycles. The fraction of sp³-hybridized carbons (Fsp3) is 0.545. The molecule has 0 amide bonds. The molecule has 0 radical (unpaired) electrons. The molecule has 0 spiro atoms. The van der Waals surface area contributed by atoms with Crippen LogP contribution >= 0.6 is 0 Å². The topological polar surface area (TPSA) is 160 Å². The van der Waals surface area contributed by atoms with E-state index in [4.69, 9.17) is 15.6 Å². The monoisotopic (exact) mass is 297 g/mol. The maximum absolute atomic E-state index is 10.1. The van der Waals surface area contributed by atoms with Gasteiger partial charge in [-0.1, -0.05) is 0 Å². The van der Waals surface area contributed by atoms with E-state index in [1.54, 1.807) is 0 Å². The van der Waals surface area contributed by atoms with Gasteiger partial charge in [0, 0.05) is 0 Å². The number of nitrogen functional groups attached to an aromatic ring is 1. The summed E-state index contributed by atoms with van der Waals surface area (Å²) in [4.78, 5) is 11.9. The zero-order valence-electron chi connectivity index (χ0n) is 10.8. The molecule has 10 nitrogen and oxygen atoms in total. The van der Waals surface area contributed by atoms with E-state index in [0.717, 1.165) is 0 Å². The molecule has 2 aromatic rings. The van der Waals surface area contributed by atoms with Crippen LogP contribution in [0.15, 0.2) is 12.7 Å². The molecule has 21 heavy (non-hydrogen) atoms. The highest BCUT2D eigenvalue weighted by atomic mass is 16.6. The van der Waals surface area contributed by atoms with Crippen molar-refractivity contribution >= 4 is 17.0 Å². The van der Waals surface area contributed by atoms with E-state index >= 15 is 0 Å². The zero-order valence-corrected chi connectivity index (χ0v) is 10.8. The summed E-state index contributed by atoms with van der Waals surface area (Å²) < 4.78 is 6.84. The molecule has 114 valence electrons. The summed E-state index contributed by atoms with van der Waals surface area (Å²) in [5.74, 6) is 0.179. The number of imidazole rings is 1. The van der Waals surface area contributed by atoms with Crippen LogP contribution in [-0.4, -0.2) is 71.0 Å². The van der Waals surface area contributed by atoms with Gasteiger partial charge in [0.05, 0.1) is 12.9 Å². The fourth-order valence-corrected chi connectivity index (χ4v) is 2.39. The summed E-state index contributed by atoms with van der Waals surface area (Å²) in [6.45, 7) is -0.596. The smallest absolute Gasteiger partial charge is 0.167 e. The molecular formula is C11H15N5O5. The molecule has 5 atom stereocenters. The number of aliphatic hydroxyl groups excluding tert-OH is 4. The number of aromatic nitrogens is 4. The predicted octanol–water partition coefficient (Wildman–Crippen LogP) is -2.62. The Kier molecular flexibility index (Phi) is 3.47. The third-order valence-electron chi connectivity index (χ3n) is 3.50. The van der Waals surface area contributed by atoms with Crippen molar-refractivity contribution in [1.29, 1.82) is 0 Å². The highest BCUT2D eigenvalue weighted by Gasteiger charge is 2.47. The summed E-state index contributed by atoms with van der Waals surface area (Å²) in [6, 6.07) is 0. The van der Waals surface area contributed by atoms with Crippen molar-refractivity contribution in [2.24, 2.45) is 0 Å². The third kappa shape index (κ3) is 2.13. The first-order valence-corrected chi connectivity index (χ1v) is 6.28. The van der Waals surface area contributed by atoms with Crippen molar-refractivity contribution in [3.05, 3.63) is 12.7 Å². The first kappa shape index (κ1) is 14.1. The largest absolute Gasteiger partial charge is 0.394 e. The van der Waals surface area contributed by atoms with Crippen molar-refractivity contribution in [3.8, 4) is 0 Å². The van der Waals surface area contributed by atoms with Gasteiger partial charge in [-0.2, -0.15) is 0 Å². The zero-order chi connectivity index (χ0) is 15.1. The van der Waals surface area contributed by atoms with Gasteiger partial charge in [0.1, 0.15) is 36.3 Å². The second kappa shape index (κ2) is 5.16. The molecule has 0 saturated carbocycles. The van der Waals surface area contributed by atoms with Gasteiger partial charge in [0.2, 0.25) is 0 Å². The van der Waals surface area contributed by atoms with E-state index in [1.165, 1.54) is 17.2 Å². The molecule has 3 rings (SSSR count). The Balaban J connectivity index is 1.98. The second-order valence-corrected chi connectivity index (χ2v) is 4.81. The molecule has 10 heteroatoms. The van der Waals surface area contributed by atoms with Gasteiger partial charge in [-0.25, -0.2) is 15.0 Å². The van der Waals surface area contributed by atoms with Crippen LogP contribution in [0.1, 0.15) is 6.23 Å². The molecule has 1 aliphatic rings. The number of anilines is 1. The van der Waals surface area contributed by atoms with E-state index in [9.17, 15) is 15.3 Å². The molecule has 0 aliphatic carbocycles. The lowest BCUT2D eigenvalue weighted by Crippen LogP contribution is -2.40. The van der Waals surface area contributed by atoms with Crippen molar-refractivity contribution in [1.82, 2.24) is 19.5 Å². The van der Waals surface area contributed by atoms with Gasteiger partial charge < -0.3 is 30.9 Å². The Bertz CT molecular complexity index is 649. The summed E-state index contributed by atoms with van der Waals surface area (Å²) in [7, 11) is 0. The minimum absolute atomic E-state index is 0.179. The van der Waals surface area contributed by atoms with Crippen LogP contribution in [0.25, 0.3) is 11.2 Å². The van der Waals surface area contributed by atoms with Crippen LogP contribution in [0.5, 0.6) is 0 Å². The van der Waals surface area contributed by atoms with Crippen molar-refractivity contribution in [2.45, 2.75) is 30.6 Å². The number of nitrogens with zero attached hydrogens (tertiary/aromatic N) is 4. The Morgan fingerprint density at radius 2 is 2.05 bits per heavy atom. The number of hydrogen-bond donors (Lipinski definition) is 5. The highest BCUT2D eigenvalue weighted by molar-refractivity contribution is 5.81. The van der Waals surface area contributed by atoms with E-state index in [1.807, 2.05) is 0 Å². The van der Waals surface area contributed by atoms with E-state index < -0.39 is 37.3 Å². The number of nitrogens with two attached hydrogens (primary N) is 1. The Morgan fingerprint density at radius 3 is 2.76 bits per heavy atom. The minimum atomic E-state index is -1.35. The molecule has 1 saturated heterocycles. The molecule has 0 bridgehead atoms. The molecule has 2 aromatic heterocycles. The number of fused-ring (bicyclic) bond motifs is 1. The van der Waals surface area contributed by atoms with Gasteiger partial charge in [0.25, 0.3) is 0 Å². The van der Waals surface area contributed by atoms with Crippen LogP contribution in [0.3, 0.4) is 0 Å². The van der Waals surface area contributed by atoms with E-state index in [-0.39, 0.29) is 5.82 Å². The number of rotatable bonds is 3. The van der Waals surface area contributed by atoms with Crippen molar-refractivity contribution < 1.29 is 25.2 Å². The SMILES string of the molecule is Nc1ncnc2c1ncn2[C@H]1O[C@H]([C@@H](O)CO)[C@H](O)[C@@H]1O. The number of hydrogen-bond acceptors (Lipinski definition) is 9. The van der Waals surface area contributed by atoms with Crippen molar-refractivity contribution in [2.75, 3.05) is 12.3 Å². The maximum Gasteiger partial charge on any atom is 0.167 e. The normalized spacial score (nSPS) is 30.9. The second-order valence-electron chi connectivity index (χ2n) is 4.81. The Morgan fingerprint density at radius 1 is 1.29 bits per heavy atom. The highest BCUT2D eigenvalue weighted by Crippen LogP contribution is 2.33. The van der Waals surface area contributed by atoms with E-state index in [2.05, 4.69) is 15.0 Å². The maximum atomic E-state index is 10.1. The average molecular weight is 297 g/mol. The average Bonchev–Trinajstić information content (AvgIpc) is 3.02. The van der Waals surface area contributed by atoms with Gasteiger partial charge in [-0.05, 0) is 0 Å². The summed E-state index contributed by atoms with van der Waals surface area (Å²) in [6.07, 6.45) is -3.51. The van der Waals surface area contributed by atoms with Crippen LogP contribution in [-0.2, 0) is 4.74 Å². The van der Waals surface area contributed by atoms with E-state index in [0.29, 0.717) is 11.2 Å². The molecule has 1 fully saturated rings. The number of ether oxygens (including phenoxy) is 1. The van der Waals surface area contributed by atoms with Crippen LogP contribution in [0, 0.1) is 0 Å². The van der Waals surface area contributed by atoms with Gasteiger partial charge in [-0.3, -0.25) is 4.57 Å². The third-order valence-corrected chi connectivity index (χ3v) is 3.50. The molecule has 6 N–H and O–H groups in total. The molecule has 0 aromatic carbocycles. The quantitative estimate of drug-likeness (QED) is 0.408. The van der Waals surface area contributed by atoms with Gasteiger partial charge in [-0.15, -0.1) is 0 Å². The van der Waals surface area contributed by atoms with Gasteiger partial charge in [0.15, 0.2) is 17.7 Å². The fourth-order valence-electron chi connectivity index (χ4n) is 2.39. The Labute approximate surface area is 118 Å².